The minimum atomic E-state index is -0.317. The molecule has 0 radical (unpaired) electrons. The average Bonchev–Trinajstić information content (AvgIpc) is 2.38. The molecule has 0 amide bonds. The molecule has 1 aromatic rings. The molecule has 0 spiro atoms. The summed E-state index contributed by atoms with van der Waals surface area (Å²) in [6.07, 6.45) is 4.76. The van der Waals surface area contributed by atoms with Crippen molar-refractivity contribution in [3.8, 4) is 0 Å². The summed E-state index contributed by atoms with van der Waals surface area (Å²) in [7, 11) is 0. The third-order valence-corrected chi connectivity index (χ3v) is 4.67. The number of hydrogen-bond donors (Lipinski definition) is 1. The van der Waals surface area contributed by atoms with Crippen molar-refractivity contribution < 1.29 is 4.92 Å². The van der Waals surface area contributed by atoms with Crippen molar-refractivity contribution in [2.75, 3.05) is 5.32 Å². The second-order valence-electron chi connectivity index (χ2n) is 5.86. The smallest absolute Gasteiger partial charge is 0.292 e. The van der Waals surface area contributed by atoms with E-state index in [0.717, 1.165) is 10.9 Å². The van der Waals surface area contributed by atoms with Crippen molar-refractivity contribution in [1.29, 1.82) is 0 Å². The first-order valence-corrected chi connectivity index (χ1v) is 7.99. The van der Waals surface area contributed by atoms with Crippen molar-refractivity contribution in [2.24, 2.45) is 11.8 Å². The summed E-state index contributed by atoms with van der Waals surface area (Å²) >= 11 is 3.39. The average molecular weight is 341 g/mol. The second kappa shape index (κ2) is 6.57. The Morgan fingerprint density at radius 3 is 2.70 bits per heavy atom. The van der Waals surface area contributed by atoms with E-state index in [1.165, 1.54) is 19.3 Å². The SMILES string of the molecule is CC(C)C1CCCCC1Nc1cc(Br)ccc1[N+](=O)[O-]. The molecule has 2 atom stereocenters. The summed E-state index contributed by atoms with van der Waals surface area (Å²) in [5, 5.41) is 14.6. The van der Waals surface area contributed by atoms with Gasteiger partial charge in [0.05, 0.1) is 4.92 Å². The highest BCUT2D eigenvalue weighted by molar-refractivity contribution is 9.10. The maximum Gasteiger partial charge on any atom is 0.292 e. The van der Waals surface area contributed by atoms with E-state index < -0.39 is 0 Å². The lowest BCUT2D eigenvalue weighted by atomic mass is 9.78. The fraction of sp³-hybridized carbons (Fsp3) is 0.600. The zero-order valence-corrected chi connectivity index (χ0v) is 13.5. The standard InChI is InChI=1S/C15H21BrN2O2/c1-10(2)12-5-3-4-6-13(12)17-14-9-11(16)7-8-15(14)18(19)20/h7-10,12-13,17H,3-6H2,1-2H3. The van der Waals surface area contributed by atoms with Gasteiger partial charge in [-0.25, -0.2) is 0 Å². The van der Waals surface area contributed by atoms with E-state index in [0.29, 0.717) is 23.6 Å². The van der Waals surface area contributed by atoms with Crippen LogP contribution in [0.1, 0.15) is 39.5 Å². The first kappa shape index (κ1) is 15.3. The molecule has 4 nitrogen and oxygen atoms in total. The molecule has 1 aliphatic rings. The van der Waals surface area contributed by atoms with Crippen LogP contribution in [0.2, 0.25) is 0 Å². The lowest BCUT2D eigenvalue weighted by molar-refractivity contribution is -0.384. The van der Waals surface area contributed by atoms with Gasteiger partial charge in [0.1, 0.15) is 5.69 Å². The summed E-state index contributed by atoms with van der Waals surface area (Å²) in [6.45, 7) is 4.47. The fourth-order valence-electron chi connectivity index (χ4n) is 3.12. The van der Waals surface area contributed by atoms with Crippen molar-refractivity contribution >= 4 is 27.3 Å². The monoisotopic (exact) mass is 340 g/mol. The predicted molar refractivity (Wildman–Crippen MR) is 85.0 cm³/mol. The number of hydrogen-bond acceptors (Lipinski definition) is 3. The Labute approximate surface area is 128 Å². The number of benzene rings is 1. The van der Waals surface area contributed by atoms with Crippen LogP contribution in [-0.4, -0.2) is 11.0 Å². The molecular formula is C15H21BrN2O2. The van der Waals surface area contributed by atoms with E-state index in [2.05, 4.69) is 35.1 Å². The van der Waals surface area contributed by atoms with E-state index in [4.69, 9.17) is 0 Å². The molecule has 0 saturated heterocycles. The van der Waals surface area contributed by atoms with E-state index in [1.54, 1.807) is 12.1 Å². The summed E-state index contributed by atoms with van der Waals surface area (Å²) in [5.41, 5.74) is 0.781. The van der Waals surface area contributed by atoms with Gasteiger partial charge in [0.25, 0.3) is 5.69 Å². The van der Waals surface area contributed by atoms with Crippen LogP contribution in [0.15, 0.2) is 22.7 Å². The van der Waals surface area contributed by atoms with Crippen molar-refractivity contribution in [2.45, 2.75) is 45.6 Å². The number of nitrogens with one attached hydrogen (secondary N) is 1. The largest absolute Gasteiger partial charge is 0.376 e. The van der Waals surface area contributed by atoms with Crippen LogP contribution in [0.5, 0.6) is 0 Å². The molecule has 5 heteroatoms. The minimum Gasteiger partial charge on any atom is -0.376 e. The second-order valence-corrected chi connectivity index (χ2v) is 6.78. The topological polar surface area (TPSA) is 55.2 Å². The molecule has 1 aromatic carbocycles. The Balaban J connectivity index is 2.23. The molecular weight excluding hydrogens is 320 g/mol. The van der Waals surface area contributed by atoms with E-state index in [-0.39, 0.29) is 10.6 Å². The van der Waals surface area contributed by atoms with Crippen LogP contribution >= 0.6 is 15.9 Å². The molecule has 0 heterocycles. The van der Waals surface area contributed by atoms with Gasteiger partial charge < -0.3 is 5.32 Å². The van der Waals surface area contributed by atoms with Gasteiger partial charge in [0.15, 0.2) is 0 Å². The van der Waals surface area contributed by atoms with Crippen LogP contribution in [0.25, 0.3) is 0 Å². The molecule has 110 valence electrons. The summed E-state index contributed by atoms with van der Waals surface area (Å²) in [5.74, 6) is 1.18. The van der Waals surface area contributed by atoms with Crippen molar-refractivity contribution in [1.82, 2.24) is 0 Å². The minimum absolute atomic E-state index is 0.154. The van der Waals surface area contributed by atoms with Crippen LogP contribution < -0.4 is 5.32 Å². The zero-order valence-electron chi connectivity index (χ0n) is 11.9. The summed E-state index contributed by atoms with van der Waals surface area (Å²) in [4.78, 5) is 10.8. The molecule has 20 heavy (non-hydrogen) atoms. The highest BCUT2D eigenvalue weighted by Gasteiger charge is 2.29. The van der Waals surface area contributed by atoms with Gasteiger partial charge in [-0.05, 0) is 36.8 Å². The Hall–Kier alpha value is -1.10. The first-order valence-electron chi connectivity index (χ1n) is 7.19. The Kier molecular flexibility index (Phi) is 5.02. The van der Waals surface area contributed by atoms with Crippen LogP contribution in [0.3, 0.4) is 0 Å². The van der Waals surface area contributed by atoms with Crippen molar-refractivity contribution in [3.63, 3.8) is 0 Å². The van der Waals surface area contributed by atoms with E-state index in [1.807, 2.05) is 6.07 Å². The molecule has 0 aromatic heterocycles. The van der Waals surface area contributed by atoms with E-state index in [9.17, 15) is 10.1 Å². The maximum atomic E-state index is 11.1. The molecule has 1 N–H and O–H groups in total. The molecule has 1 fully saturated rings. The third kappa shape index (κ3) is 3.51. The quantitative estimate of drug-likeness (QED) is 0.620. The normalized spacial score (nSPS) is 22.8. The van der Waals surface area contributed by atoms with Gasteiger partial charge in [-0.3, -0.25) is 10.1 Å². The zero-order chi connectivity index (χ0) is 14.7. The lowest BCUT2D eigenvalue weighted by Crippen LogP contribution is -2.35. The van der Waals surface area contributed by atoms with Crippen molar-refractivity contribution in [3.05, 3.63) is 32.8 Å². The highest BCUT2D eigenvalue weighted by Crippen LogP contribution is 2.35. The third-order valence-electron chi connectivity index (χ3n) is 4.17. The van der Waals surface area contributed by atoms with E-state index >= 15 is 0 Å². The van der Waals surface area contributed by atoms with Gasteiger partial charge >= 0.3 is 0 Å². The number of anilines is 1. The molecule has 1 aliphatic carbocycles. The Bertz CT molecular complexity index is 491. The van der Waals surface area contributed by atoms with Crippen LogP contribution in [0, 0.1) is 22.0 Å². The van der Waals surface area contributed by atoms with Gasteiger partial charge in [-0.15, -0.1) is 0 Å². The maximum absolute atomic E-state index is 11.1. The highest BCUT2D eigenvalue weighted by atomic mass is 79.9. The van der Waals surface area contributed by atoms with Gasteiger partial charge in [-0.2, -0.15) is 0 Å². The molecule has 2 rings (SSSR count). The Morgan fingerprint density at radius 2 is 2.05 bits per heavy atom. The lowest BCUT2D eigenvalue weighted by Gasteiger charge is -2.35. The van der Waals surface area contributed by atoms with Crippen LogP contribution in [0.4, 0.5) is 11.4 Å². The number of nitrogens with zero attached hydrogens (tertiary/aromatic N) is 1. The predicted octanol–water partition coefficient (Wildman–Crippen LogP) is 4.98. The number of nitro groups is 1. The summed E-state index contributed by atoms with van der Waals surface area (Å²) < 4.78 is 0.863. The molecule has 2 unspecified atom stereocenters. The summed E-state index contributed by atoms with van der Waals surface area (Å²) in [6, 6.07) is 5.41. The Morgan fingerprint density at radius 1 is 1.35 bits per heavy atom. The number of nitro benzene ring substituents is 1. The fourth-order valence-corrected chi connectivity index (χ4v) is 3.48. The van der Waals surface area contributed by atoms with Gasteiger partial charge in [0.2, 0.25) is 0 Å². The molecule has 1 saturated carbocycles. The van der Waals surface area contributed by atoms with Crippen LogP contribution in [-0.2, 0) is 0 Å². The van der Waals surface area contributed by atoms with Gasteiger partial charge in [-0.1, -0.05) is 42.6 Å². The number of rotatable bonds is 4. The first-order chi connectivity index (χ1) is 9.49. The molecule has 0 aliphatic heterocycles. The van der Waals surface area contributed by atoms with Gasteiger partial charge in [0, 0.05) is 16.6 Å². The molecule has 0 bridgehead atoms. The number of halogens is 1.